The molecule has 0 aromatic carbocycles. The first-order valence-electron chi connectivity index (χ1n) is 6.70. The minimum atomic E-state index is 0.643. The molecule has 0 spiro atoms. The van der Waals surface area contributed by atoms with Gasteiger partial charge in [-0.05, 0) is 31.7 Å². The van der Waals surface area contributed by atoms with Crippen LogP contribution in [0, 0.1) is 5.92 Å². The number of rotatable bonds is 7. The molecule has 1 rings (SSSR count). The van der Waals surface area contributed by atoms with Gasteiger partial charge in [0.05, 0.1) is 6.61 Å². The predicted molar refractivity (Wildman–Crippen MR) is 73.2 cm³/mol. The van der Waals surface area contributed by atoms with Crippen molar-refractivity contribution in [2.75, 3.05) is 25.5 Å². The zero-order chi connectivity index (χ0) is 11.8. The highest BCUT2D eigenvalue weighted by molar-refractivity contribution is 7.99. The molecule has 3 atom stereocenters. The molecule has 0 radical (unpaired) electrons. The summed E-state index contributed by atoms with van der Waals surface area (Å²) in [6.45, 7) is 9.79. The fraction of sp³-hybridized carbons (Fsp3) is 1.00. The van der Waals surface area contributed by atoms with E-state index in [2.05, 4.69) is 37.8 Å². The van der Waals surface area contributed by atoms with Crippen molar-refractivity contribution in [2.24, 2.45) is 5.92 Å². The monoisotopic (exact) mass is 245 g/mol. The van der Waals surface area contributed by atoms with Crippen molar-refractivity contribution < 1.29 is 4.74 Å². The van der Waals surface area contributed by atoms with Gasteiger partial charge in [0, 0.05) is 23.7 Å². The molecule has 0 aromatic rings. The molecular weight excluding hydrogens is 218 g/mol. The van der Waals surface area contributed by atoms with E-state index in [1.807, 2.05) is 0 Å². The highest BCUT2D eigenvalue weighted by atomic mass is 32.2. The smallest absolute Gasteiger partial charge is 0.0509 e. The molecule has 96 valence electrons. The third-order valence-corrected chi connectivity index (χ3v) is 4.82. The summed E-state index contributed by atoms with van der Waals surface area (Å²) in [6, 6.07) is 0.643. The Hall–Kier alpha value is 0.270. The van der Waals surface area contributed by atoms with E-state index in [0.717, 1.165) is 30.9 Å². The Labute approximate surface area is 105 Å². The molecule has 16 heavy (non-hydrogen) atoms. The van der Waals surface area contributed by atoms with E-state index in [4.69, 9.17) is 4.74 Å². The first-order chi connectivity index (χ1) is 7.77. The Morgan fingerprint density at radius 3 is 2.81 bits per heavy atom. The van der Waals surface area contributed by atoms with Crippen LogP contribution < -0.4 is 5.32 Å². The number of nitrogens with one attached hydrogen (secondary N) is 1. The minimum absolute atomic E-state index is 0.643. The first kappa shape index (κ1) is 14.3. The van der Waals surface area contributed by atoms with Crippen LogP contribution in [0.3, 0.4) is 0 Å². The Bertz CT molecular complexity index is 171. The number of hydrogen-bond acceptors (Lipinski definition) is 3. The van der Waals surface area contributed by atoms with Gasteiger partial charge in [0.25, 0.3) is 0 Å². The normalized spacial score (nSPS) is 25.3. The summed E-state index contributed by atoms with van der Waals surface area (Å²) in [7, 11) is 0. The summed E-state index contributed by atoms with van der Waals surface area (Å²) < 4.78 is 5.59. The van der Waals surface area contributed by atoms with Crippen molar-refractivity contribution in [2.45, 2.75) is 51.3 Å². The summed E-state index contributed by atoms with van der Waals surface area (Å²) in [5.74, 6) is 1.96. The molecular formula is C13H27NOS. The third kappa shape index (κ3) is 5.07. The molecule has 1 N–H and O–H groups in total. The van der Waals surface area contributed by atoms with Crippen molar-refractivity contribution in [1.82, 2.24) is 5.32 Å². The van der Waals surface area contributed by atoms with Crippen molar-refractivity contribution in [3.8, 4) is 0 Å². The van der Waals surface area contributed by atoms with Crippen molar-refractivity contribution >= 4 is 11.8 Å². The van der Waals surface area contributed by atoms with Crippen LogP contribution in [-0.4, -0.2) is 36.8 Å². The van der Waals surface area contributed by atoms with E-state index in [0.29, 0.717) is 6.04 Å². The molecule has 2 nitrogen and oxygen atoms in total. The second-order valence-corrected chi connectivity index (χ2v) is 6.16. The van der Waals surface area contributed by atoms with Crippen LogP contribution in [0.5, 0.6) is 0 Å². The van der Waals surface area contributed by atoms with E-state index in [1.54, 1.807) is 0 Å². The van der Waals surface area contributed by atoms with E-state index in [1.165, 1.54) is 25.0 Å². The second-order valence-electron chi connectivity index (χ2n) is 4.69. The first-order valence-corrected chi connectivity index (χ1v) is 7.75. The standard InChI is InChI=1S/C13H27NOS/c1-4-11(3)16-10-13(14-5-2)12-7-6-8-15-9-12/h11-14H,4-10H2,1-3H3. The molecule has 1 heterocycles. The van der Waals surface area contributed by atoms with Crippen LogP contribution in [0.15, 0.2) is 0 Å². The fourth-order valence-electron chi connectivity index (χ4n) is 2.09. The maximum Gasteiger partial charge on any atom is 0.0509 e. The minimum Gasteiger partial charge on any atom is -0.381 e. The topological polar surface area (TPSA) is 21.3 Å². The van der Waals surface area contributed by atoms with Gasteiger partial charge in [0.15, 0.2) is 0 Å². The summed E-state index contributed by atoms with van der Waals surface area (Å²) in [5.41, 5.74) is 0. The maximum atomic E-state index is 5.59. The molecule has 1 aliphatic heterocycles. The molecule has 0 bridgehead atoms. The SMILES string of the molecule is CCNC(CSC(C)CC)C1CCCOC1. The molecule has 0 aromatic heterocycles. The summed E-state index contributed by atoms with van der Waals surface area (Å²) in [6.07, 6.45) is 3.84. The van der Waals surface area contributed by atoms with E-state index in [9.17, 15) is 0 Å². The van der Waals surface area contributed by atoms with Crippen molar-refractivity contribution in [3.63, 3.8) is 0 Å². The number of hydrogen-bond donors (Lipinski definition) is 1. The second kappa shape index (κ2) is 8.37. The zero-order valence-corrected chi connectivity index (χ0v) is 11.8. The summed E-state index contributed by atoms with van der Waals surface area (Å²) >= 11 is 2.10. The maximum absolute atomic E-state index is 5.59. The number of ether oxygens (including phenoxy) is 1. The Morgan fingerprint density at radius 1 is 1.44 bits per heavy atom. The summed E-state index contributed by atoms with van der Waals surface area (Å²) in [4.78, 5) is 0. The lowest BCUT2D eigenvalue weighted by atomic mass is 9.95. The lowest BCUT2D eigenvalue weighted by molar-refractivity contribution is 0.0429. The lowest BCUT2D eigenvalue weighted by Crippen LogP contribution is -2.42. The number of thioether (sulfide) groups is 1. The van der Waals surface area contributed by atoms with Gasteiger partial charge < -0.3 is 10.1 Å². The van der Waals surface area contributed by atoms with E-state index < -0.39 is 0 Å². The van der Waals surface area contributed by atoms with Gasteiger partial charge in [-0.15, -0.1) is 0 Å². The van der Waals surface area contributed by atoms with Crippen LogP contribution in [-0.2, 0) is 4.74 Å². The summed E-state index contributed by atoms with van der Waals surface area (Å²) in [5, 5.41) is 4.41. The van der Waals surface area contributed by atoms with Crippen LogP contribution in [0.25, 0.3) is 0 Å². The van der Waals surface area contributed by atoms with Gasteiger partial charge in [-0.2, -0.15) is 11.8 Å². The van der Waals surface area contributed by atoms with Crippen LogP contribution in [0.4, 0.5) is 0 Å². The van der Waals surface area contributed by atoms with Gasteiger partial charge in [-0.3, -0.25) is 0 Å². The largest absolute Gasteiger partial charge is 0.381 e. The van der Waals surface area contributed by atoms with Crippen LogP contribution in [0.2, 0.25) is 0 Å². The Morgan fingerprint density at radius 2 is 2.25 bits per heavy atom. The molecule has 3 unspecified atom stereocenters. The average Bonchev–Trinajstić information content (AvgIpc) is 2.35. The van der Waals surface area contributed by atoms with Gasteiger partial charge in [0.2, 0.25) is 0 Å². The lowest BCUT2D eigenvalue weighted by Gasteiger charge is -2.31. The van der Waals surface area contributed by atoms with Gasteiger partial charge in [-0.1, -0.05) is 20.8 Å². The highest BCUT2D eigenvalue weighted by Crippen LogP contribution is 2.23. The molecule has 1 fully saturated rings. The van der Waals surface area contributed by atoms with E-state index >= 15 is 0 Å². The fourth-order valence-corrected chi connectivity index (χ4v) is 3.25. The average molecular weight is 245 g/mol. The van der Waals surface area contributed by atoms with E-state index in [-0.39, 0.29) is 0 Å². The Balaban J connectivity index is 2.33. The predicted octanol–water partition coefficient (Wildman–Crippen LogP) is 2.92. The van der Waals surface area contributed by atoms with Crippen LogP contribution >= 0.6 is 11.8 Å². The molecule has 0 amide bonds. The van der Waals surface area contributed by atoms with Crippen molar-refractivity contribution in [1.29, 1.82) is 0 Å². The van der Waals surface area contributed by atoms with Gasteiger partial charge in [0.1, 0.15) is 0 Å². The molecule has 0 aliphatic carbocycles. The molecule has 1 aliphatic rings. The van der Waals surface area contributed by atoms with Crippen LogP contribution in [0.1, 0.15) is 40.0 Å². The van der Waals surface area contributed by atoms with Gasteiger partial charge in [-0.25, -0.2) is 0 Å². The third-order valence-electron chi connectivity index (χ3n) is 3.37. The van der Waals surface area contributed by atoms with Gasteiger partial charge >= 0.3 is 0 Å². The Kier molecular flexibility index (Phi) is 7.50. The van der Waals surface area contributed by atoms with Crippen molar-refractivity contribution in [3.05, 3.63) is 0 Å². The molecule has 0 saturated carbocycles. The zero-order valence-electron chi connectivity index (χ0n) is 11.0. The molecule has 3 heteroatoms. The molecule has 1 saturated heterocycles. The quantitative estimate of drug-likeness (QED) is 0.745. The highest BCUT2D eigenvalue weighted by Gasteiger charge is 2.23.